The number of ether oxygens (including phenoxy) is 1. The van der Waals surface area contributed by atoms with E-state index in [9.17, 15) is 14.7 Å². The topological polar surface area (TPSA) is 78.5 Å². The second-order valence-corrected chi connectivity index (χ2v) is 7.58. The van der Waals surface area contributed by atoms with Gasteiger partial charge in [0.05, 0.1) is 18.6 Å². The molecule has 1 aliphatic carbocycles. The zero-order valence-corrected chi connectivity index (χ0v) is 15.3. The van der Waals surface area contributed by atoms with Crippen molar-refractivity contribution in [3.8, 4) is 5.75 Å². The third-order valence-corrected chi connectivity index (χ3v) is 5.38. The zero-order valence-electron chi connectivity index (χ0n) is 14.5. The fourth-order valence-electron chi connectivity index (χ4n) is 3.21. The van der Waals surface area contributed by atoms with Gasteiger partial charge in [0.25, 0.3) is 0 Å². The first-order chi connectivity index (χ1) is 12.6. The zero-order chi connectivity index (χ0) is 18.4. The van der Waals surface area contributed by atoms with Crippen molar-refractivity contribution in [2.24, 2.45) is 0 Å². The molecule has 1 aromatic carbocycles. The molecule has 0 aliphatic heterocycles. The van der Waals surface area contributed by atoms with Crippen molar-refractivity contribution < 1.29 is 19.4 Å². The van der Waals surface area contributed by atoms with Crippen molar-refractivity contribution in [3.05, 3.63) is 52.2 Å². The van der Waals surface area contributed by atoms with Crippen molar-refractivity contribution >= 4 is 23.2 Å². The molecule has 0 radical (unpaired) electrons. The van der Waals surface area contributed by atoms with E-state index in [1.165, 1.54) is 24.2 Å². The number of hydrogen-bond acceptors (Lipinski definition) is 5. The minimum atomic E-state index is -1.20. The summed E-state index contributed by atoms with van der Waals surface area (Å²) >= 11 is 1.50. The van der Waals surface area contributed by atoms with Crippen LogP contribution < -0.4 is 15.2 Å². The predicted molar refractivity (Wildman–Crippen MR) is 97.9 cm³/mol. The van der Waals surface area contributed by atoms with Crippen molar-refractivity contribution in [1.29, 1.82) is 0 Å². The van der Waals surface area contributed by atoms with Crippen LogP contribution in [0.1, 0.15) is 48.6 Å². The summed E-state index contributed by atoms with van der Waals surface area (Å²) in [7, 11) is 0. The van der Waals surface area contributed by atoms with Gasteiger partial charge in [0.2, 0.25) is 5.91 Å². The number of amides is 1. The summed E-state index contributed by atoms with van der Waals surface area (Å²) in [6.45, 7) is 0. The van der Waals surface area contributed by atoms with Crippen LogP contribution in [0.4, 0.5) is 0 Å². The molecule has 26 heavy (non-hydrogen) atoms. The second kappa shape index (κ2) is 8.85. The number of rotatable bonds is 8. The fraction of sp³-hybridized carbons (Fsp3) is 0.400. The number of carbonyl (C=O) groups excluding carboxylic acids is 2. The SMILES string of the molecule is O=C([O-])C[C@@H](NC(=O)Cc1cccs1)c1ccc(OC2CCCC2)cc1. The molecule has 1 heterocycles. The van der Waals surface area contributed by atoms with Gasteiger partial charge in [-0.05, 0) is 54.8 Å². The Morgan fingerprint density at radius 1 is 1.19 bits per heavy atom. The quantitative estimate of drug-likeness (QED) is 0.773. The minimum absolute atomic E-state index is 0.204. The first kappa shape index (κ1) is 18.5. The van der Waals surface area contributed by atoms with E-state index < -0.39 is 12.0 Å². The monoisotopic (exact) mass is 372 g/mol. The lowest BCUT2D eigenvalue weighted by Gasteiger charge is -2.20. The van der Waals surface area contributed by atoms with Crippen LogP contribution >= 0.6 is 11.3 Å². The van der Waals surface area contributed by atoms with E-state index in [2.05, 4.69) is 5.32 Å². The van der Waals surface area contributed by atoms with Gasteiger partial charge in [-0.1, -0.05) is 18.2 Å². The lowest BCUT2D eigenvalue weighted by atomic mass is 10.0. The number of carboxylic acids is 1. The first-order valence-electron chi connectivity index (χ1n) is 8.88. The molecule has 1 N–H and O–H groups in total. The van der Waals surface area contributed by atoms with Gasteiger partial charge < -0.3 is 20.0 Å². The highest BCUT2D eigenvalue weighted by atomic mass is 32.1. The Morgan fingerprint density at radius 3 is 2.54 bits per heavy atom. The Hall–Kier alpha value is -2.34. The predicted octanol–water partition coefficient (Wildman–Crippen LogP) is 2.61. The first-order valence-corrected chi connectivity index (χ1v) is 9.76. The van der Waals surface area contributed by atoms with Gasteiger partial charge in [0.1, 0.15) is 5.75 Å². The highest BCUT2D eigenvalue weighted by molar-refractivity contribution is 7.10. The highest BCUT2D eigenvalue weighted by Crippen LogP contribution is 2.26. The van der Waals surface area contributed by atoms with Crippen molar-refractivity contribution in [2.45, 2.75) is 50.7 Å². The smallest absolute Gasteiger partial charge is 0.225 e. The molecule has 1 atom stereocenters. The maximum absolute atomic E-state index is 12.2. The third kappa shape index (κ3) is 5.33. The number of benzene rings is 1. The summed E-state index contributed by atoms with van der Waals surface area (Å²) in [5, 5.41) is 15.8. The number of carbonyl (C=O) groups is 2. The normalized spacial score (nSPS) is 15.5. The number of nitrogens with one attached hydrogen (secondary N) is 1. The number of hydrogen-bond donors (Lipinski definition) is 1. The molecule has 3 rings (SSSR count). The van der Waals surface area contributed by atoms with Gasteiger partial charge in [-0.2, -0.15) is 0 Å². The molecule has 0 unspecified atom stereocenters. The van der Waals surface area contributed by atoms with Crippen LogP contribution in [0.5, 0.6) is 5.75 Å². The summed E-state index contributed by atoms with van der Waals surface area (Å²) in [5.41, 5.74) is 0.729. The van der Waals surface area contributed by atoms with Crippen LogP contribution in [0.2, 0.25) is 0 Å². The molecular formula is C20H22NO4S-. The molecule has 0 spiro atoms. The fourth-order valence-corrected chi connectivity index (χ4v) is 3.92. The summed E-state index contributed by atoms with van der Waals surface area (Å²) < 4.78 is 5.93. The summed E-state index contributed by atoms with van der Waals surface area (Å²) in [4.78, 5) is 24.3. The average molecular weight is 372 g/mol. The molecule has 1 aliphatic rings. The van der Waals surface area contributed by atoms with Crippen LogP contribution in [0, 0.1) is 0 Å². The minimum Gasteiger partial charge on any atom is -0.550 e. The molecule has 2 aromatic rings. The van der Waals surface area contributed by atoms with Crippen LogP contribution in [0.25, 0.3) is 0 Å². The lowest BCUT2D eigenvalue weighted by molar-refractivity contribution is -0.306. The van der Waals surface area contributed by atoms with E-state index in [0.29, 0.717) is 0 Å². The Balaban J connectivity index is 1.64. The number of thiophene rings is 1. The largest absolute Gasteiger partial charge is 0.550 e. The summed E-state index contributed by atoms with van der Waals surface area (Å²) in [6.07, 6.45) is 4.80. The van der Waals surface area contributed by atoms with E-state index in [-0.39, 0.29) is 24.9 Å². The van der Waals surface area contributed by atoms with E-state index >= 15 is 0 Å². The van der Waals surface area contributed by atoms with E-state index in [0.717, 1.165) is 29.0 Å². The molecule has 138 valence electrons. The third-order valence-electron chi connectivity index (χ3n) is 4.51. The molecule has 1 aromatic heterocycles. The molecular weight excluding hydrogens is 350 g/mol. The van der Waals surface area contributed by atoms with Gasteiger partial charge in [-0.3, -0.25) is 4.79 Å². The lowest BCUT2D eigenvalue weighted by Crippen LogP contribution is -2.34. The second-order valence-electron chi connectivity index (χ2n) is 6.55. The van der Waals surface area contributed by atoms with Gasteiger partial charge in [-0.15, -0.1) is 11.3 Å². The molecule has 6 heteroatoms. The van der Waals surface area contributed by atoms with E-state index in [1.54, 1.807) is 0 Å². The van der Waals surface area contributed by atoms with Crippen molar-refractivity contribution in [3.63, 3.8) is 0 Å². The molecule has 0 bridgehead atoms. The standard InChI is InChI=1S/C20H23NO4S/c22-19(12-17-6-3-11-26-17)21-18(13-20(23)24)14-7-9-16(10-8-14)25-15-4-1-2-5-15/h3,6-11,15,18H,1-2,4-5,12-13H2,(H,21,22)(H,23,24)/p-1/t18-/m1/s1. The van der Waals surface area contributed by atoms with Crippen LogP contribution in [0.15, 0.2) is 41.8 Å². The highest BCUT2D eigenvalue weighted by Gasteiger charge is 2.18. The number of carboxylic acid groups (broad SMARTS) is 1. The Morgan fingerprint density at radius 2 is 1.92 bits per heavy atom. The van der Waals surface area contributed by atoms with Crippen LogP contribution in [0.3, 0.4) is 0 Å². The van der Waals surface area contributed by atoms with Gasteiger partial charge in [0.15, 0.2) is 0 Å². The Bertz CT molecular complexity index is 721. The van der Waals surface area contributed by atoms with E-state index in [1.807, 2.05) is 41.8 Å². The van der Waals surface area contributed by atoms with Crippen molar-refractivity contribution in [2.75, 3.05) is 0 Å². The van der Waals surface area contributed by atoms with Gasteiger partial charge >= 0.3 is 0 Å². The summed E-state index contributed by atoms with van der Waals surface area (Å²) in [5.74, 6) is -0.625. The van der Waals surface area contributed by atoms with Gasteiger partial charge in [0, 0.05) is 17.3 Å². The maximum atomic E-state index is 12.2. The van der Waals surface area contributed by atoms with Crippen molar-refractivity contribution in [1.82, 2.24) is 5.32 Å². The molecule has 1 fully saturated rings. The van der Waals surface area contributed by atoms with Crippen LogP contribution in [-0.4, -0.2) is 18.0 Å². The molecule has 5 nitrogen and oxygen atoms in total. The average Bonchev–Trinajstić information content (AvgIpc) is 3.28. The number of aliphatic carboxylic acids is 1. The molecule has 1 amide bonds. The molecule has 1 saturated carbocycles. The Labute approximate surface area is 157 Å². The summed E-state index contributed by atoms with van der Waals surface area (Å²) in [6, 6.07) is 10.4. The van der Waals surface area contributed by atoms with Crippen LogP contribution in [-0.2, 0) is 16.0 Å². The Kier molecular flexibility index (Phi) is 6.28. The van der Waals surface area contributed by atoms with E-state index in [4.69, 9.17) is 4.74 Å². The maximum Gasteiger partial charge on any atom is 0.225 e. The van der Waals surface area contributed by atoms with Gasteiger partial charge in [-0.25, -0.2) is 0 Å². The molecule has 0 saturated heterocycles.